The van der Waals surface area contributed by atoms with Gasteiger partial charge in [0.1, 0.15) is 5.75 Å². The fourth-order valence-corrected chi connectivity index (χ4v) is 2.29. The van der Waals surface area contributed by atoms with E-state index < -0.39 is 0 Å². The van der Waals surface area contributed by atoms with Gasteiger partial charge in [0, 0.05) is 6.07 Å². The molecule has 0 radical (unpaired) electrons. The van der Waals surface area contributed by atoms with Crippen molar-refractivity contribution in [2.75, 3.05) is 12.8 Å². The molecule has 104 valence electrons. The second kappa shape index (κ2) is 5.17. The minimum absolute atomic E-state index is 0.461. The number of hydrogen-bond donors (Lipinski definition) is 1. The molecule has 0 spiro atoms. The number of fused-ring (bicyclic) bond motifs is 1. The summed E-state index contributed by atoms with van der Waals surface area (Å²) in [5, 5.41) is 8.82. The lowest BCUT2D eigenvalue weighted by molar-refractivity contribution is 0.415. The van der Waals surface area contributed by atoms with Crippen molar-refractivity contribution in [3.05, 3.63) is 53.6 Å². The van der Waals surface area contributed by atoms with Crippen molar-refractivity contribution in [1.82, 2.24) is 9.55 Å². The van der Waals surface area contributed by atoms with Crippen LogP contribution in [-0.4, -0.2) is 16.7 Å². The van der Waals surface area contributed by atoms with E-state index in [2.05, 4.69) is 11.1 Å². The molecule has 0 amide bonds. The van der Waals surface area contributed by atoms with E-state index in [4.69, 9.17) is 15.7 Å². The Labute approximate surface area is 122 Å². The number of nitrogen functional groups attached to an aromatic ring is 1. The van der Waals surface area contributed by atoms with Crippen LogP contribution in [0.2, 0.25) is 0 Å². The molecule has 5 heteroatoms. The molecule has 3 rings (SSSR count). The largest absolute Gasteiger partial charge is 0.497 e. The van der Waals surface area contributed by atoms with Gasteiger partial charge in [0.05, 0.1) is 36.3 Å². The summed E-state index contributed by atoms with van der Waals surface area (Å²) in [7, 11) is 1.62. The maximum Gasteiger partial charge on any atom is 0.201 e. The number of nitrogens with zero attached hydrogens (tertiary/aromatic N) is 3. The number of nitrogens with two attached hydrogens (primary N) is 1. The molecule has 0 saturated heterocycles. The average Bonchev–Trinajstić information content (AvgIpc) is 2.83. The van der Waals surface area contributed by atoms with Crippen molar-refractivity contribution in [2.45, 2.75) is 6.54 Å². The molecule has 0 aliphatic carbocycles. The molecule has 5 nitrogen and oxygen atoms in total. The normalized spacial score (nSPS) is 10.5. The highest BCUT2D eigenvalue weighted by molar-refractivity contribution is 5.80. The highest BCUT2D eigenvalue weighted by atomic mass is 16.5. The molecular formula is C16H14N4O. The van der Waals surface area contributed by atoms with Gasteiger partial charge in [-0.3, -0.25) is 0 Å². The van der Waals surface area contributed by atoms with Gasteiger partial charge in [-0.25, -0.2) is 4.98 Å². The zero-order valence-electron chi connectivity index (χ0n) is 11.6. The molecule has 0 atom stereocenters. The maximum absolute atomic E-state index is 8.82. The highest BCUT2D eigenvalue weighted by Gasteiger charge is 2.09. The lowest BCUT2D eigenvalue weighted by Crippen LogP contribution is -2.04. The number of aromatic nitrogens is 2. The van der Waals surface area contributed by atoms with Crippen LogP contribution in [0.1, 0.15) is 11.1 Å². The summed E-state index contributed by atoms with van der Waals surface area (Å²) in [6.45, 7) is 0.611. The molecule has 0 aliphatic rings. The Hall–Kier alpha value is -3.00. The van der Waals surface area contributed by atoms with Crippen LogP contribution in [0.4, 0.5) is 5.95 Å². The fraction of sp³-hybridized carbons (Fsp3) is 0.125. The second-order valence-electron chi connectivity index (χ2n) is 4.72. The Balaban J connectivity index is 1.99. The van der Waals surface area contributed by atoms with E-state index in [9.17, 15) is 0 Å². The summed E-state index contributed by atoms with van der Waals surface area (Å²) >= 11 is 0. The summed E-state index contributed by atoms with van der Waals surface area (Å²) in [5.41, 5.74) is 9.48. The maximum atomic E-state index is 8.82. The smallest absolute Gasteiger partial charge is 0.201 e. The van der Waals surface area contributed by atoms with Crippen molar-refractivity contribution in [3.8, 4) is 11.8 Å². The molecule has 1 heterocycles. The second-order valence-corrected chi connectivity index (χ2v) is 4.72. The van der Waals surface area contributed by atoms with E-state index in [-0.39, 0.29) is 0 Å². The van der Waals surface area contributed by atoms with Crippen LogP contribution in [0.5, 0.6) is 5.75 Å². The number of nitriles is 1. The zero-order valence-corrected chi connectivity index (χ0v) is 11.6. The van der Waals surface area contributed by atoms with Crippen molar-refractivity contribution >= 4 is 17.0 Å². The number of methoxy groups -OCH3 is 1. The van der Waals surface area contributed by atoms with Crippen molar-refractivity contribution < 1.29 is 4.74 Å². The average molecular weight is 278 g/mol. The minimum Gasteiger partial charge on any atom is -0.497 e. The van der Waals surface area contributed by atoms with Gasteiger partial charge in [0.25, 0.3) is 0 Å². The molecule has 0 fully saturated rings. The summed E-state index contributed by atoms with van der Waals surface area (Å²) in [4.78, 5) is 4.36. The number of hydrogen-bond acceptors (Lipinski definition) is 4. The molecule has 1 aromatic heterocycles. The van der Waals surface area contributed by atoms with Gasteiger partial charge in [0.15, 0.2) is 0 Å². The van der Waals surface area contributed by atoms with E-state index in [1.807, 2.05) is 34.9 Å². The third-order valence-corrected chi connectivity index (χ3v) is 3.41. The van der Waals surface area contributed by atoms with Gasteiger partial charge in [-0.1, -0.05) is 12.1 Å². The van der Waals surface area contributed by atoms with Gasteiger partial charge in [0.2, 0.25) is 5.95 Å². The fourth-order valence-electron chi connectivity index (χ4n) is 2.29. The first-order valence-electron chi connectivity index (χ1n) is 6.50. The third-order valence-electron chi connectivity index (χ3n) is 3.41. The van der Waals surface area contributed by atoms with E-state index in [1.165, 1.54) is 0 Å². The lowest BCUT2D eigenvalue weighted by atomic mass is 10.1. The lowest BCUT2D eigenvalue weighted by Gasteiger charge is -2.07. The van der Waals surface area contributed by atoms with E-state index in [1.54, 1.807) is 19.2 Å². The number of ether oxygens (including phenoxy) is 1. The Kier molecular flexibility index (Phi) is 3.20. The first-order valence-corrected chi connectivity index (χ1v) is 6.50. The first-order chi connectivity index (χ1) is 10.2. The Bertz CT molecular complexity index is 828. The molecule has 21 heavy (non-hydrogen) atoms. The molecule has 0 saturated carbocycles. The molecule has 0 unspecified atom stereocenters. The number of anilines is 1. The van der Waals surface area contributed by atoms with Crippen molar-refractivity contribution in [3.63, 3.8) is 0 Å². The number of benzene rings is 2. The van der Waals surface area contributed by atoms with Crippen LogP contribution in [0.3, 0.4) is 0 Å². The van der Waals surface area contributed by atoms with E-state index in [0.29, 0.717) is 18.1 Å². The van der Waals surface area contributed by atoms with E-state index >= 15 is 0 Å². The molecule has 2 N–H and O–H groups in total. The van der Waals surface area contributed by atoms with Crippen LogP contribution in [-0.2, 0) is 6.54 Å². The summed E-state index contributed by atoms with van der Waals surface area (Å²) in [6, 6.07) is 15.3. The third kappa shape index (κ3) is 2.39. The van der Waals surface area contributed by atoms with Crippen molar-refractivity contribution in [1.29, 1.82) is 5.26 Å². The Morgan fingerprint density at radius 1 is 1.24 bits per heavy atom. The Morgan fingerprint density at radius 2 is 2.00 bits per heavy atom. The van der Waals surface area contributed by atoms with Gasteiger partial charge in [-0.05, 0) is 29.8 Å². The van der Waals surface area contributed by atoms with Crippen LogP contribution < -0.4 is 10.5 Å². The van der Waals surface area contributed by atoms with Gasteiger partial charge in [-0.2, -0.15) is 5.26 Å². The topological polar surface area (TPSA) is 76.9 Å². The number of imidazole rings is 1. The summed E-state index contributed by atoms with van der Waals surface area (Å²) in [5.74, 6) is 1.22. The van der Waals surface area contributed by atoms with Gasteiger partial charge >= 0.3 is 0 Å². The van der Waals surface area contributed by atoms with Crippen LogP contribution in [0.25, 0.3) is 11.0 Å². The molecule has 2 aromatic carbocycles. The van der Waals surface area contributed by atoms with Crippen LogP contribution >= 0.6 is 0 Å². The van der Waals surface area contributed by atoms with Crippen LogP contribution in [0, 0.1) is 11.3 Å². The van der Waals surface area contributed by atoms with Gasteiger partial charge < -0.3 is 15.0 Å². The van der Waals surface area contributed by atoms with Crippen LogP contribution in [0.15, 0.2) is 42.5 Å². The molecular weight excluding hydrogens is 264 g/mol. The minimum atomic E-state index is 0.461. The zero-order chi connectivity index (χ0) is 14.8. The predicted octanol–water partition coefficient (Wildman–Crippen LogP) is 2.55. The Morgan fingerprint density at radius 3 is 2.67 bits per heavy atom. The SMILES string of the molecule is COc1ccc2c(c1)nc(N)n2Cc1ccc(C#N)cc1. The van der Waals surface area contributed by atoms with Crippen molar-refractivity contribution in [2.24, 2.45) is 0 Å². The monoisotopic (exact) mass is 278 g/mol. The number of rotatable bonds is 3. The molecule has 0 bridgehead atoms. The van der Waals surface area contributed by atoms with Gasteiger partial charge in [-0.15, -0.1) is 0 Å². The molecule has 3 aromatic rings. The standard InChI is InChI=1S/C16H14N4O/c1-21-13-6-7-15-14(8-13)19-16(18)20(15)10-12-4-2-11(9-17)3-5-12/h2-8H,10H2,1H3,(H2,18,19). The van der Waals surface area contributed by atoms with E-state index in [0.717, 1.165) is 22.3 Å². The molecule has 0 aliphatic heterocycles. The summed E-state index contributed by atoms with van der Waals surface area (Å²) in [6.07, 6.45) is 0. The summed E-state index contributed by atoms with van der Waals surface area (Å²) < 4.78 is 7.14. The first kappa shape index (κ1) is 13.0. The quantitative estimate of drug-likeness (QED) is 0.798. The predicted molar refractivity (Wildman–Crippen MR) is 81.0 cm³/mol. The highest BCUT2D eigenvalue weighted by Crippen LogP contribution is 2.23.